The molecule has 9 heteroatoms. The van der Waals surface area contributed by atoms with Crippen LogP contribution in [0.2, 0.25) is 5.02 Å². The van der Waals surface area contributed by atoms with Crippen LogP contribution in [0.5, 0.6) is 11.5 Å². The quantitative estimate of drug-likeness (QED) is 0.703. The van der Waals surface area contributed by atoms with Gasteiger partial charge in [0.15, 0.2) is 0 Å². The zero-order chi connectivity index (χ0) is 20.0. The standard InChI is InChI=1S/C18H25ClN2O5S/c1-4-27(23,24)20-14-7-9-21(10-8-14)18(22)6-5-13-11-17(26-3)15(19)12-16(13)25-2/h4,11-12,14,20H,1,5-10H2,2-3H3. The Morgan fingerprint density at radius 2 is 1.93 bits per heavy atom. The average molecular weight is 417 g/mol. The lowest BCUT2D eigenvalue weighted by atomic mass is 10.0. The number of nitrogens with zero attached hydrogens (tertiary/aromatic N) is 1. The van der Waals surface area contributed by atoms with E-state index < -0.39 is 10.0 Å². The van der Waals surface area contributed by atoms with Crippen molar-refractivity contribution in [1.82, 2.24) is 9.62 Å². The molecule has 0 bridgehead atoms. The van der Waals surface area contributed by atoms with Gasteiger partial charge in [0.1, 0.15) is 11.5 Å². The van der Waals surface area contributed by atoms with Crippen molar-refractivity contribution in [2.75, 3.05) is 27.3 Å². The van der Waals surface area contributed by atoms with Crippen LogP contribution in [0, 0.1) is 0 Å². The first-order valence-corrected chi connectivity index (χ1v) is 10.5. The minimum atomic E-state index is -3.45. The fraction of sp³-hybridized carbons (Fsp3) is 0.500. The molecule has 1 aliphatic heterocycles. The Balaban J connectivity index is 1.91. The van der Waals surface area contributed by atoms with Gasteiger partial charge >= 0.3 is 0 Å². The summed E-state index contributed by atoms with van der Waals surface area (Å²) in [5.41, 5.74) is 0.848. The first-order chi connectivity index (χ1) is 12.8. The van der Waals surface area contributed by atoms with Gasteiger partial charge in [0.2, 0.25) is 15.9 Å². The predicted octanol–water partition coefficient (Wildman–Crippen LogP) is 2.34. The molecule has 0 atom stereocenters. The van der Waals surface area contributed by atoms with Crippen molar-refractivity contribution in [3.05, 3.63) is 34.7 Å². The van der Waals surface area contributed by atoms with Gasteiger partial charge in [-0.1, -0.05) is 18.2 Å². The van der Waals surface area contributed by atoms with Crippen LogP contribution >= 0.6 is 11.6 Å². The Morgan fingerprint density at radius 3 is 2.48 bits per heavy atom. The Hall–Kier alpha value is -1.77. The lowest BCUT2D eigenvalue weighted by Crippen LogP contribution is -2.46. The van der Waals surface area contributed by atoms with E-state index in [1.165, 1.54) is 7.11 Å². The number of hydrogen-bond donors (Lipinski definition) is 1. The molecule has 1 N–H and O–H groups in total. The van der Waals surface area contributed by atoms with Crippen LogP contribution in [0.1, 0.15) is 24.8 Å². The summed E-state index contributed by atoms with van der Waals surface area (Å²) in [5.74, 6) is 1.18. The summed E-state index contributed by atoms with van der Waals surface area (Å²) in [4.78, 5) is 14.3. The largest absolute Gasteiger partial charge is 0.496 e. The normalized spacial score (nSPS) is 15.4. The van der Waals surface area contributed by atoms with E-state index in [4.69, 9.17) is 21.1 Å². The minimum absolute atomic E-state index is 0.0241. The first-order valence-electron chi connectivity index (χ1n) is 8.62. The van der Waals surface area contributed by atoms with Crippen LogP contribution in [0.3, 0.4) is 0 Å². The highest BCUT2D eigenvalue weighted by molar-refractivity contribution is 7.92. The Kier molecular flexibility index (Phi) is 7.52. The molecule has 1 fully saturated rings. The lowest BCUT2D eigenvalue weighted by Gasteiger charge is -2.32. The summed E-state index contributed by atoms with van der Waals surface area (Å²) < 4.78 is 36.2. The number of aryl methyl sites for hydroxylation is 1. The number of benzene rings is 1. The summed E-state index contributed by atoms with van der Waals surface area (Å²) in [5, 5.41) is 1.35. The molecule has 150 valence electrons. The molecule has 1 saturated heterocycles. The van der Waals surface area contributed by atoms with Crippen molar-refractivity contribution in [1.29, 1.82) is 0 Å². The van der Waals surface area contributed by atoms with Crippen LogP contribution in [-0.4, -0.2) is 52.6 Å². The summed E-state index contributed by atoms with van der Waals surface area (Å²) in [6, 6.07) is 3.29. The lowest BCUT2D eigenvalue weighted by molar-refractivity contribution is -0.132. The average Bonchev–Trinajstić information content (AvgIpc) is 2.66. The molecule has 27 heavy (non-hydrogen) atoms. The van der Waals surface area contributed by atoms with E-state index in [2.05, 4.69) is 11.3 Å². The van der Waals surface area contributed by atoms with Crippen molar-refractivity contribution >= 4 is 27.5 Å². The predicted molar refractivity (Wildman–Crippen MR) is 105 cm³/mol. The zero-order valence-corrected chi connectivity index (χ0v) is 17.1. The molecule has 1 heterocycles. The SMILES string of the molecule is C=CS(=O)(=O)NC1CCN(C(=O)CCc2cc(OC)c(Cl)cc2OC)CC1. The van der Waals surface area contributed by atoms with E-state index in [9.17, 15) is 13.2 Å². The number of sulfonamides is 1. The van der Waals surface area contributed by atoms with Gasteiger partial charge in [-0.3, -0.25) is 4.79 Å². The maximum absolute atomic E-state index is 12.5. The van der Waals surface area contributed by atoms with Gasteiger partial charge in [-0.2, -0.15) is 0 Å². The number of carbonyl (C=O) groups excluding carboxylic acids is 1. The number of hydrogen-bond acceptors (Lipinski definition) is 5. The van der Waals surface area contributed by atoms with Crippen LogP contribution < -0.4 is 14.2 Å². The highest BCUT2D eigenvalue weighted by atomic mass is 35.5. The van der Waals surface area contributed by atoms with E-state index in [-0.39, 0.29) is 11.9 Å². The number of rotatable bonds is 8. The van der Waals surface area contributed by atoms with Crippen molar-refractivity contribution in [3.63, 3.8) is 0 Å². The molecule has 1 aromatic carbocycles. The van der Waals surface area contributed by atoms with E-state index >= 15 is 0 Å². The second kappa shape index (κ2) is 9.43. The Bertz CT molecular complexity index is 789. The minimum Gasteiger partial charge on any atom is -0.496 e. The summed E-state index contributed by atoms with van der Waals surface area (Å²) >= 11 is 6.10. The van der Waals surface area contributed by atoms with Gasteiger partial charge in [0.05, 0.1) is 19.2 Å². The molecule has 0 aliphatic carbocycles. The number of halogens is 1. The monoisotopic (exact) mass is 416 g/mol. The van der Waals surface area contributed by atoms with Crippen molar-refractivity contribution in [3.8, 4) is 11.5 Å². The third-order valence-electron chi connectivity index (χ3n) is 4.56. The van der Waals surface area contributed by atoms with Gasteiger partial charge < -0.3 is 14.4 Å². The highest BCUT2D eigenvalue weighted by Crippen LogP contribution is 2.33. The summed E-state index contributed by atoms with van der Waals surface area (Å²) in [6.45, 7) is 4.32. The molecule has 2 rings (SSSR count). The fourth-order valence-corrected chi connectivity index (χ4v) is 4.07. The highest BCUT2D eigenvalue weighted by Gasteiger charge is 2.25. The maximum Gasteiger partial charge on any atom is 0.233 e. The molecule has 0 unspecified atom stereocenters. The fourth-order valence-electron chi connectivity index (χ4n) is 3.05. The zero-order valence-electron chi connectivity index (χ0n) is 15.5. The molecule has 1 aliphatic rings. The van der Waals surface area contributed by atoms with Gasteiger partial charge in [0, 0.05) is 37.0 Å². The van der Waals surface area contributed by atoms with Crippen LogP contribution in [-0.2, 0) is 21.2 Å². The molecule has 0 radical (unpaired) electrons. The molecule has 1 aromatic rings. The molecule has 0 saturated carbocycles. The maximum atomic E-state index is 12.5. The van der Waals surface area contributed by atoms with Gasteiger partial charge in [-0.05, 0) is 30.9 Å². The number of piperidine rings is 1. The molecule has 1 amide bonds. The number of amides is 1. The summed E-state index contributed by atoms with van der Waals surface area (Å²) in [7, 11) is -0.358. The van der Waals surface area contributed by atoms with Crippen molar-refractivity contribution in [2.45, 2.75) is 31.7 Å². The first kappa shape index (κ1) is 21.5. The van der Waals surface area contributed by atoms with Gasteiger partial charge in [0.25, 0.3) is 0 Å². The number of methoxy groups -OCH3 is 2. The smallest absolute Gasteiger partial charge is 0.233 e. The molecular formula is C18H25ClN2O5S. The topological polar surface area (TPSA) is 84.9 Å². The molecule has 0 spiro atoms. The number of ether oxygens (including phenoxy) is 2. The van der Waals surface area contributed by atoms with Gasteiger partial charge in [-0.15, -0.1) is 0 Å². The van der Waals surface area contributed by atoms with Crippen molar-refractivity contribution in [2.24, 2.45) is 0 Å². The second-order valence-electron chi connectivity index (χ2n) is 6.28. The number of likely N-dealkylation sites (tertiary alicyclic amines) is 1. The third kappa shape index (κ3) is 5.85. The van der Waals surface area contributed by atoms with Crippen LogP contribution in [0.15, 0.2) is 24.1 Å². The van der Waals surface area contributed by atoms with Crippen LogP contribution in [0.4, 0.5) is 0 Å². The van der Waals surface area contributed by atoms with Crippen molar-refractivity contribution < 1.29 is 22.7 Å². The number of nitrogens with one attached hydrogen (secondary N) is 1. The Labute approximate surface area is 165 Å². The van der Waals surface area contributed by atoms with E-state index in [1.54, 1.807) is 24.1 Å². The third-order valence-corrected chi connectivity index (χ3v) is 5.96. The van der Waals surface area contributed by atoms with E-state index in [1.807, 2.05) is 0 Å². The van der Waals surface area contributed by atoms with E-state index in [0.29, 0.717) is 55.3 Å². The van der Waals surface area contributed by atoms with Gasteiger partial charge in [-0.25, -0.2) is 13.1 Å². The second-order valence-corrected chi connectivity index (χ2v) is 8.35. The van der Waals surface area contributed by atoms with Crippen LogP contribution in [0.25, 0.3) is 0 Å². The molecular weight excluding hydrogens is 392 g/mol. The summed E-state index contributed by atoms with van der Waals surface area (Å²) in [6.07, 6.45) is 1.98. The van der Waals surface area contributed by atoms with E-state index in [0.717, 1.165) is 11.0 Å². The number of carbonyl (C=O) groups is 1. The molecule has 0 aromatic heterocycles. The molecule has 7 nitrogen and oxygen atoms in total. The Morgan fingerprint density at radius 1 is 1.30 bits per heavy atom.